The lowest BCUT2D eigenvalue weighted by Crippen LogP contribution is -2.30. The number of carbonyl (C=O) groups excluding carboxylic acids is 1. The summed E-state index contributed by atoms with van der Waals surface area (Å²) in [5, 5.41) is 0. The highest BCUT2D eigenvalue weighted by Crippen LogP contribution is 2.46. The monoisotopic (exact) mass is 206 g/mol. The largest absolute Gasteiger partial charge is 0.472 e. The van der Waals surface area contributed by atoms with Gasteiger partial charge in [-0.2, -0.15) is 0 Å². The van der Waals surface area contributed by atoms with E-state index in [1.165, 1.54) is 11.1 Å². The predicted octanol–water partition coefficient (Wildman–Crippen LogP) is 3.45. The molecule has 0 N–H and O–H groups in total. The first kappa shape index (κ1) is 10.5. The minimum Gasteiger partial charge on any atom is -0.472 e. The molecule has 2 rings (SSSR count). The van der Waals surface area contributed by atoms with Crippen LogP contribution in [0.25, 0.3) is 0 Å². The van der Waals surface area contributed by atoms with Gasteiger partial charge in [0.1, 0.15) is 5.78 Å². The van der Waals surface area contributed by atoms with Gasteiger partial charge in [-0.3, -0.25) is 4.79 Å². The highest BCUT2D eigenvalue weighted by Gasteiger charge is 2.37. The number of carbonyl (C=O) groups is 1. The van der Waals surface area contributed by atoms with Gasteiger partial charge in [0, 0.05) is 12.8 Å². The molecule has 0 aromatic carbocycles. The van der Waals surface area contributed by atoms with Crippen molar-refractivity contribution in [1.29, 1.82) is 0 Å². The molecule has 2 nitrogen and oxygen atoms in total. The third-order valence-electron chi connectivity index (χ3n) is 3.69. The molecule has 1 aliphatic rings. The smallest absolute Gasteiger partial charge is 0.133 e. The normalized spacial score (nSPS) is 25.5. The molecule has 0 amide bonds. The van der Waals surface area contributed by atoms with Crippen LogP contribution in [-0.4, -0.2) is 5.78 Å². The van der Waals surface area contributed by atoms with Crippen LogP contribution in [0.15, 0.2) is 16.9 Å². The van der Waals surface area contributed by atoms with Crippen LogP contribution in [-0.2, 0) is 4.79 Å². The molecule has 1 atom stereocenters. The van der Waals surface area contributed by atoms with E-state index >= 15 is 0 Å². The van der Waals surface area contributed by atoms with Crippen LogP contribution < -0.4 is 0 Å². The number of hydrogen-bond donors (Lipinski definition) is 0. The molecule has 1 heterocycles. The highest BCUT2D eigenvalue weighted by molar-refractivity contribution is 5.80. The molecule has 1 aromatic rings. The molecule has 1 aromatic heterocycles. The average molecular weight is 206 g/mol. The summed E-state index contributed by atoms with van der Waals surface area (Å²) in [4.78, 5) is 11.5. The minimum atomic E-state index is 0.211. The van der Waals surface area contributed by atoms with Crippen LogP contribution in [0.2, 0.25) is 0 Å². The standard InChI is InChI=1S/C13H18O2/c1-9-7-15-8-11(9)12-6-10(14)4-5-13(12,2)3/h7-8,12H,4-6H2,1-3H3. The Morgan fingerprint density at radius 2 is 2.13 bits per heavy atom. The van der Waals surface area contributed by atoms with Gasteiger partial charge in [0.15, 0.2) is 0 Å². The van der Waals surface area contributed by atoms with Crippen LogP contribution in [0.1, 0.15) is 50.2 Å². The number of rotatable bonds is 1. The third-order valence-corrected chi connectivity index (χ3v) is 3.69. The lowest BCUT2D eigenvalue weighted by molar-refractivity contribution is -0.122. The Hall–Kier alpha value is -1.05. The van der Waals surface area contributed by atoms with E-state index in [0.717, 1.165) is 12.8 Å². The summed E-state index contributed by atoms with van der Waals surface area (Å²) < 4.78 is 5.22. The zero-order chi connectivity index (χ0) is 11.1. The zero-order valence-electron chi connectivity index (χ0n) is 9.67. The summed E-state index contributed by atoms with van der Waals surface area (Å²) >= 11 is 0. The summed E-state index contributed by atoms with van der Waals surface area (Å²) in [6.07, 6.45) is 5.97. The topological polar surface area (TPSA) is 30.2 Å². The summed E-state index contributed by atoms with van der Waals surface area (Å²) in [7, 11) is 0. The number of ketones is 1. The van der Waals surface area contributed by atoms with Crippen molar-refractivity contribution in [2.75, 3.05) is 0 Å². The first-order valence-corrected chi connectivity index (χ1v) is 5.55. The molecule has 15 heavy (non-hydrogen) atoms. The SMILES string of the molecule is Cc1cocc1C1CC(=O)CCC1(C)C. The second-order valence-electron chi connectivity index (χ2n) is 5.29. The highest BCUT2D eigenvalue weighted by atomic mass is 16.3. The number of aryl methyl sites for hydroxylation is 1. The number of Topliss-reactive ketones (excluding diaryl/α,β-unsaturated/α-hetero) is 1. The maximum atomic E-state index is 11.5. The molecule has 0 aliphatic heterocycles. The molecule has 1 aliphatic carbocycles. The first-order chi connectivity index (χ1) is 7.00. The van der Waals surface area contributed by atoms with Crippen LogP contribution in [0, 0.1) is 12.3 Å². The van der Waals surface area contributed by atoms with Crippen molar-refractivity contribution in [1.82, 2.24) is 0 Å². The van der Waals surface area contributed by atoms with Crippen LogP contribution in [0.3, 0.4) is 0 Å². The van der Waals surface area contributed by atoms with Gasteiger partial charge in [-0.25, -0.2) is 0 Å². The van der Waals surface area contributed by atoms with E-state index in [9.17, 15) is 4.79 Å². The average Bonchev–Trinajstić information content (AvgIpc) is 2.56. The van der Waals surface area contributed by atoms with E-state index in [1.807, 2.05) is 6.92 Å². The molecule has 1 fully saturated rings. The number of furan rings is 1. The molecule has 82 valence electrons. The molecular weight excluding hydrogens is 188 g/mol. The van der Waals surface area contributed by atoms with Crippen LogP contribution in [0.4, 0.5) is 0 Å². The van der Waals surface area contributed by atoms with E-state index in [1.54, 1.807) is 12.5 Å². The molecule has 2 heteroatoms. The Kier molecular flexibility index (Phi) is 2.45. The van der Waals surface area contributed by atoms with Crippen molar-refractivity contribution in [3.05, 3.63) is 23.7 Å². The molecule has 0 saturated heterocycles. The Balaban J connectivity index is 2.33. The van der Waals surface area contributed by atoms with E-state index in [-0.39, 0.29) is 5.41 Å². The maximum Gasteiger partial charge on any atom is 0.133 e. The summed E-state index contributed by atoms with van der Waals surface area (Å²) in [6.45, 7) is 6.54. The van der Waals surface area contributed by atoms with Crippen LogP contribution >= 0.6 is 0 Å². The van der Waals surface area contributed by atoms with Crippen molar-refractivity contribution < 1.29 is 9.21 Å². The van der Waals surface area contributed by atoms with Crippen LogP contribution in [0.5, 0.6) is 0 Å². The third kappa shape index (κ3) is 1.85. The summed E-state index contributed by atoms with van der Waals surface area (Å²) in [5.41, 5.74) is 2.60. The quantitative estimate of drug-likeness (QED) is 0.704. The molecule has 1 saturated carbocycles. The van der Waals surface area contributed by atoms with Gasteiger partial charge in [0.05, 0.1) is 12.5 Å². The van der Waals surface area contributed by atoms with E-state index in [2.05, 4.69) is 13.8 Å². The molecule has 0 bridgehead atoms. The molecule has 0 radical (unpaired) electrons. The predicted molar refractivity (Wildman–Crippen MR) is 58.8 cm³/mol. The van der Waals surface area contributed by atoms with E-state index < -0.39 is 0 Å². The second kappa shape index (κ2) is 3.51. The van der Waals surface area contributed by atoms with Gasteiger partial charge in [0.2, 0.25) is 0 Å². The fourth-order valence-electron chi connectivity index (χ4n) is 2.50. The van der Waals surface area contributed by atoms with Crippen molar-refractivity contribution >= 4 is 5.78 Å². The van der Waals surface area contributed by atoms with Crippen molar-refractivity contribution in [2.24, 2.45) is 5.41 Å². The Morgan fingerprint density at radius 1 is 1.40 bits per heavy atom. The fourth-order valence-corrected chi connectivity index (χ4v) is 2.50. The van der Waals surface area contributed by atoms with Gasteiger partial charge in [0.25, 0.3) is 0 Å². The molecule has 1 unspecified atom stereocenters. The van der Waals surface area contributed by atoms with Gasteiger partial charge in [-0.15, -0.1) is 0 Å². The Bertz CT molecular complexity index is 374. The number of hydrogen-bond acceptors (Lipinski definition) is 2. The summed E-state index contributed by atoms with van der Waals surface area (Å²) in [5.74, 6) is 0.720. The Morgan fingerprint density at radius 3 is 2.73 bits per heavy atom. The lowest BCUT2D eigenvalue weighted by Gasteiger charge is -2.37. The summed E-state index contributed by atoms with van der Waals surface area (Å²) in [6, 6.07) is 0. The van der Waals surface area contributed by atoms with E-state index in [0.29, 0.717) is 18.1 Å². The maximum absolute atomic E-state index is 11.5. The first-order valence-electron chi connectivity index (χ1n) is 5.55. The van der Waals surface area contributed by atoms with E-state index in [4.69, 9.17) is 4.42 Å². The Labute approximate surface area is 90.7 Å². The lowest BCUT2D eigenvalue weighted by atomic mass is 9.66. The molecule has 0 spiro atoms. The molecular formula is C13H18O2. The van der Waals surface area contributed by atoms with Crippen molar-refractivity contribution in [3.8, 4) is 0 Å². The van der Waals surface area contributed by atoms with Gasteiger partial charge < -0.3 is 4.42 Å². The van der Waals surface area contributed by atoms with Crippen molar-refractivity contribution in [2.45, 2.75) is 46.0 Å². The van der Waals surface area contributed by atoms with Gasteiger partial charge in [-0.05, 0) is 35.8 Å². The minimum absolute atomic E-state index is 0.211. The van der Waals surface area contributed by atoms with Crippen molar-refractivity contribution in [3.63, 3.8) is 0 Å². The van der Waals surface area contributed by atoms with Gasteiger partial charge >= 0.3 is 0 Å². The zero-order valence-corrected chi connectivity index (χ0v) is 9.67. The fraction of sp³-hybridized carbons (Fsp3) is 0.615. The van der Waals surface area contributed by atoms with Gasteiger partial charge in [-0.1, -0.05) is 13.8 Å². The second-order valence-corrected chi connectivity index (χ2v) is 5.29.